The lowest BCUT2D eigenvalue weighted by Gasteiger charge is -2.35. The van der Waals surface area contributed by atoms with E-state index < -0.39 is 29.7 Å². The van der Waals surface area contributed by atoms with Crippen molar-refractivity contribution in [2.75, 3.05) is 13.1 Å². The number of alkyl carbamates (subject to hydrolysis) is 1. The lowest BCUT2D eigenvalue weighted by molar-refractivity contribution is -0.141. The predicted octanol–water partition coefficient (Wildman–Crippen LogP) is 2.27. The van der Waals surface area contributed by atoms with Crippen molar-refractivity contribution in [2.45, 2.75) is 89.1 Å². The Labute approximate surface area is 264 Å². The van der Waals surface area contributed by atoms with Crippen LogP contribution < -0.4 is 27.4 Å². The first-order chi connectivity index (χ1) is 21.4. The number of carbonyl (C=O) groups excluding carboxylic acids is 5. The van der Waals surface area contributed by atoms with E-state index in [4.69, 9.17) is 16.2 Å². The maximum atomic E-state index is 12.8. The summed E-state index contributed by atoms with van der Waals surface area (Å²) in [5, 5.41) is 8.79. The molecular weight excluding hydrogens is 576 g/mol. The highest BCUT2D eigenvalue weighted by Gasteiger charge is 2.43. The Bertz CT molecular complexity index is 1260. The van der Waals surface area contributed by atoms with Gasteiger partial charge in [-0.3, -0.25) is 19.2 Å². The molecule has 0 radical (unpaired) electrons. The van der Waals surface area contributed by atoms with Crippen molar-refractivity contribution in [1.82, 2.24) is 20.9 Å². The molecule has 0 saturated carbocycles. The topological polar surface area (TPSA) is 186 Å². The Balaban J connectivity index is 0.000000246. The fourth-order valence-corrected chi connectivity index (χ4v) is 5.43. The van der Waals surface area contributed by atoms with Crippen molar-refractivity contribution in [3.05, 3.63) is 71.8 Å². The lowest BCUT2D eigenvalue weighted by atomic mass is 9.98. The number of hydrogen-bond acceptors (Lipinski definition) is 7. The molecule has 0 spiro atoms. The number of ether oxygens (including phenoxy) is 1. The van der Waals surface area contributed by atoms with Crippen LogP contribution in [0.25, 0.3) is 0 Å². The van der Waals surface area contributed by atoms with E-state index in [1.165, 1.54) is 0 Å². The fourth-order valence-electron chi connectivity index (χ4n) is 5.43. The highest BCUT2D eigenvalue weighted by molar-refractivity contribution is 5.92. The molecule has 7 N–H and O–H groups in total. The maximum absolute atomic E-state index is 12.8. The van der Waals surface area contributed by atoms with Crippen molar-refractivity contribution in [3.8, 4) is 0 Å². The van der Waals surface area contributed by atoms with Gasteiger partial charge in [0.25, 0.3) is 0 Å². The zero-order chi connectivity index (χ0) is 33.0. The number of carbonyl (C=O) groups is 5. The molecule has 2 aromatic carbocycles. The van der Waals surface area contributed by atoms with Gasteiger partial charge >= 0.3 is 6.09 Å². The van der Waals surface area contributed by atoms with E-state index in [2.05, 4.69) is 16.0 Å². The van der Waals surface area contributed by atoms with E-state index in [0.717, 1.165) is 24.0 Å². The molecule has 2 fully saturated rings. The number of fused-ring (bicyclic) bond motifs is 1. The third-order valence-electron chi connectivity index (χ3n) is 7.48. The van der Waals surface area contributed by atoms with Crippen LogP contribution in [0.3, 0.4) is 0 Å². The maximum Gasteiger partial charge on any atom is 0.408 e. The van der Waals surface area contributed by atoms with Crippen molar-refractivity contribution >= 4 is 29.7 Å². The Hall–Kier alpha value is -4.45. The summed E-state index contributed by atoms with van der Waals surface area (Å²) >= 11 is 0. The van der Waals surface area contributed by atoms with Crippen molar-refractivity contribution < 1.29 is 28.7 Å². The van der Waals surface area contributed by atoms with E-state index in [0.29, 0.717) is 32.4 Å². The molecule has 5 amide bonds. The molecule has 2 heterocycles. The average molecular weight is 623 g/mol. The van der Waals surface area contributed by atoms with Crippen molar-refractivity contribution in [3.63, 3.8) is 0 Å². The molecule has 12 nitrogen and oxygen atoms in total. The predicted molar refractivity (Wildman–Crippen MR) is 169 cm³/mol. The summed E-state index contributed by atoms with van der Waals surface area (Å²) in [6, 6.07) is 18.1. The van der Waals surface area contributed by atoms with Gasteiger partial charge in [0, 0.05) is 25.4 Å². The van der Waals surface area contributed by atoms with Gasteiger partial charge in [-0.2, -0.15) is 0 Å². The van der Waals surface area contributed by atoms with Crippen molar-refractivity contribution in [2.24, 2.45) is 11.5 Å². The van der Waals surface area contributed by atoms with Gasteiger partial charge in [-0.05, 0) is 64.1 Å². The van der Waals surface area contributed by atoms with E-state index in [1.54, 1.807) is 25.7 Å². The van der Waals surface area contributed by atoms with Gasteiger partial charge in [-0.15, -0.1) is 0 Å². The number of nitrogens with one attached hydrogen (secondary N) is 3. The van der Waals surface area contributed by atoms with Gasteiger partial charge in [0.15, 0.2) is 0 Å². The Morgan fingerprint density at radius 1 is 0.933 bits per heavy atom. The van der Waals surface area contributed by atoms with Gasteiger partial charge in [0.05, 0.1) is 6.04 Å². The quantitative estimate of drug-likeness (QED) is 0.284. The van der Waals surface area contributed by atoms with E-state index >= 15 is 0 Å². The SMILES string of the molecule is CC(C)(C)OC(=O)NC1CNCCC2CCC(C(N)=O)N2C1=O.NC(=O)CCCC(=O)NC(c1ccccc1)c1ccccc1. The molecule has 2 saturated heterocycles. The van der Waals surface area contributed by atoms with Crippen LogP contribution in [0.2, 0.25) is 0 Å². The Morgan fingerprint density at radius 2 is 1.53 bits per heavy atom. The summed E-state index contributed by atoms with van der Waals surface area (Å²) < 4.78 is 5.21. The third-order valence-corrected chi connectivity index (χ3v) is 7.48. The van der Waals surface area contributed by atoms with E-state index in [9.17, 15) is 24.0 Å². The largest absolute Gasteiger partial charge is 0.444 e. The molecule has 2 aliphatic heterocycles. The Kier molecular flexibility index (Phi) is 12.9. The summed E-state index contributed by atoms with van der Waals surface area (Å²) in [5.41, 5.74) is 11.9. The van der Waals surface area contributed by atoms with Crippen LogP contribution in [0.15, 0.2) is 60.7 Å². The average Bonchev–Trinajstić information content (AvgIpc) is 3.40. The second-order valence-corrected chi connectivity index (χ2v) is 12.2. The number of nitrogens with zero attached hydrogens (tertiary/aromatic N) is 1. The number of nitrogens with two attached hydrogens (primary N) is 2. The first kappa shape index (κ1) is 35.0. The summed E-state index contributed by atoms with van der Waals surface area (Å²) in [6.07, 6.45) is 2.44. The minimum absolute atomic E-state index is 0.0178. The third kappa shape index (κ3) is 11.2. The number of amides is 5. The molecule has 244 valence electrons. The zero-order valence-electron chi connectivity index (χ0n) is 26.3. The standard InChI is InChI=1S/C18H20N2O2.C15H26N4O4/c19-16(21)12-7-13-17(22)20-18(14-8-3-1-4-9-14)15-10-5-2-6-11-15;1-15(2,3)23-14(22)18-10-8-17-7-6-9-4-5-11(12(16)20)19(9)13(10)21/h1-6,8-11,18H,7,12-13H2,(H2,19,21)(H,20,22);9-11,17H,4-8H2,1-3H3,(H2,16,20)(H,18,22). The van der Waals surface area contributed by atoms with E-state index in [1.807, 2.05) is 60.7 Å². The van der Waals surface area contributed by atoms with Crippen LogP contribution >= 0.6 is 0 Å². The molecule has 3 atom stereocenters. The first-order valence-electron chi connectivity index (χ1n) is 15.3. The number of hydrogen-bond donors (Lipinski definition) is 5. The number of rotatable bonds is 9. The molecule has 45 heavy (non-hydrogen) atoms. The lowest BCUT2D eigenvalue weighted by Crippen LogP contribution is -2.60. The minimum Gasteiger partial charge on any atom is -0.444 e. The highest BCUT2D eigenvalue weighted by atomic mass is 16.6. The molecule has 2 aromatic rings. The second kappa shape index (κ2) is 16.6. The minimum atomic E-state index is -0.771. The number of benzene rings is 2. The van der Waals surface area contributed by atoms with Gasteiger partial charge in [0.2, 0.25) is 23.6 Å². The highest BCUT2D eigenvalue weighted by Crippen LogP contribution is 2.28. The van der Waals surface area contributed by atoms with Crippen LogP contribution in [0.5, 0.6) is 0 Å². The molecule has 0 aliphatic carbocycles. The van der Waals surface area contributed by atoms with Gasteiger partial charge in [-0.1, -0.05) is 60.7 Å². The van der Waals surface area contributed by atoms with Crippen LogP contribution in [0.1, 0.15) is 76.5 Å². The molecule has 3 unspecified atom stereocenters. The molecule has 12 heteroatoms. The summed E-state index contributed by atoms with van der Waals surface area (Å²) in [6.45, 7) is 6.28. The summed E-state index contributed by atoms with van der Waals surface area (Å²) in [4.78, 5) is 60.8. The van der Waals surface area contributed by atoms with Gasteiger partial charge < -0.3 is 37.1 Å². The Morgan fingerprint density at radius 3 is 2.07 bits per heavy atom. The smallest absolute Gasteiger partial charge is 0.408 e. The van der Waals surface area contributed by atoms with Crippen LogP contribution in [-0.4, -0.2) is 71.4 Å². The van der Waals surface area contributed by atoms with Crippen molar-refractivity contribution in [1.29, 1.82) is 0 Å². The van der Waals surface area contributed by atoms with Gasteiger partial charge in [-0.25, -0.2) is 4.79 Å². The molecule has 0 bridgehead atoms. The first-order valence-corrected chi connectivity index (χ1v) is 15.3. The zero-order valence-corrected chi connectivity index (χ0v) is 26.3. The monoisotopic (exact) mass is 622 g/mol. The van der Waals surface area contributed by atoms with Gasteiger partial charge in [0.1, 0.15) is 17.7 Å². The van der Waals surface area contributed by atoms with Crippen LogP contribution in [-0.2, 0) is 23.9 Å². The van der Waals surface area contributed by atoms with Crippen LogP contribution in [0, 0.1) is 0 Å². The summed E-state index contributed by atoms with van der Waals surface area (Å²) in [7, 11) is 0. The normalized spacial score (nSPS) is 19.7. The molecule has 2 aliphatic rings. The second-order valence-electron chi connectivity index (χ2n) is 12.2. The van der Waals surface area contributed by atoms with E-state index in [-0.39, 0.29) is 36.2 Å². The molecular formula is C33H46N6O6. The van der Waals surface area contributed by atoms with Crippen LogP contribution in [0.4, 0.5) is 4.79 Å². The molecule has 0 aromatic heterocycles. The summed E-state index contributed by atoms with van der Waals surface area (Å²) in [5.74, 6) is -1.24. The fraction of sp³-hybridized carbons (Fsp3) is 0.485. The molecule has 4 rings (SSSR count). The number of primary amides is 2.